The summed E-state index contributed by atoms with van der Waals surface area (Å²) in [6, 6.07) is 12.4. The third kappa shape index (κ3) is 5.20. The number of para-hydroxylation sites is 1. The number of benzene rings is 2. The van der Waals surface area contributed by atoms with Gasteiger partial charge in [-0.25, -0.2) is 0 Å². The topological polar surface area (TPSA) is 49.4 Å². The Morgan fingerprint density at radius 2 is 1.77 bits per heavy atom. The summed E-state index contributed by atoms with van der Waals surface area (Å²) >= 11 is 0. The van der Waals surface area contributed by atoms with Crippen molar-refractivity contribution in [3.05, 3.63) is 65.2 Å². The van der Waals surface area contributed by atoms with Crippen LogP contribution in [0.3, 0.4) is 0 Å². The number of carbonyl (C=O) groups is 2. The molecule has 1 fully saturated rings. The van der Waals surface area contributed by atoms with E-state index in [0.29, 0.717) is 25.1 Å². The van der Waals surface area contributed by atoms with Gasteiger partial charge in [0, 0.05) is 18.2 Å². The lowest BCUT2D eigenvalue weighted by molar-refractivity contribution is -0.137. The van der Waals surface area contributed by atoms with E-state index in [2.05, 4.69) is 5.32 Å². The molecule has 0 spiro atoms. The maximum absolute atomic E-state index is 12.9. The summed E-state index contributed by atoms with van der Waals surface area (Å²) in [6.07, 6.45) is -3.08. The fraction of sp³-hybridized carbons (Fsp3) is 0.391. The molecule has 0 heterocycles. The first-order valence-electron chi connectivity index (χ1n) is 10.0. The molecule has 3 rings (SSSR count). The minimum absolute atomic E-state index is 0.0444. The number of anilines is 1. The quantitative estimate of drug-likeness (QED) is 0.688. The van der Waals surface area contributed by atoms with Gasteiger partial charge in [0.1, 0.15) is 0 Å². The molecule has 0 aliphatic heterocycles. The van der Waals surface area contributed by atoms with Gasteiger partial charge in [-0.15, -0.1) is 0 Å². The van der Waals surface area contributed by atoms with Crippen molar-refractivity contribution in [2.24, 2.45) is 5.92 Å². The summed E-state index contributed by atoms with van der Waals surface area (Å²) in [7, 11) is 0. The number of rotatable bonds is 7. The van der Waals surface area contributed by atoms with Crippen molar-refractivity contribution in [1.82, 2.24) is 4.90 Å². The second-order valence-corrected chi connectivity index (χ2v) is 7.69. The third-order valence-electron chi connectivity index (χ3n) is 5.33. The van der Waals surface area contributed by atoms with Gasteiger partial charge < -0.3 is 10.2 Å². The van der Waals surface area contributed by atoms with Crippen LogP contribution < -0.4 is 5.32 Å². The second kappa shape index (κ2) is 8.90. The van der Waals surface area contributed by atoms with Gasteiger partial charge in [0.15, 0.2) is 0 Å². The minimum atomic E-state index is -4.38. The van der Waals surface area contributed by atoms with E-state index in [0.717, 1.165) is 23.3 Å². The van der Waals surface area contributed by atoms with Crippen molar-refractivity contribution in [2.45, 2.75) is 38.8 Å². The maximum atomic E-state index is 12.9. The highest BCUT2D eigenvalue weighted by Crippen LogP contribution is 2.48. The molecule has 4 nitrogen and oxygen atoms in total. The first-order chi connectivity index (χ1) is 14.2. The number of hydrogen-bond acceptors (Lipinski definition) is 2. The summed E-state index contributed by atoms with van der Waals surface area (Å²) < 4.78 is 38.2. The van der Waals surface area contributed by atoms with Crippen LogP contribution in [0.5, 0.6) is 0 Å². The van der Waals surface area contributed by atoms with Crippen molar-refractivity contribution in [3.8, 4) is 0 Å². The van der Waals surface area contributed by atoms with Crippen LogP contribution >= 0.6 is 0 Å². The van der Waals surface area contributed by atoms with Crippen molar-refractivity contribution in [3.63, 3.8) is 0 Å². The Hall–Kier alpha value is -2.83. The molecule has 7 heteroatoms. The molecule has 0 saturated heterocycles. The van der Waals surface area contributed by atoms with Gasteiger partial charge in [-0.1, -0.05) is 37.3 Å². The molecule has 2 aromatic carbocycles. The lowest BCUT2D eigenvalue weighted by atomic mass is 10.1. The highest BCUT2D eigenvalue weighted by molar-refractivity contribution is 5.95. The number of aryl methyl sites for hydroxylation is 1. The normalized spacial score (nSPS) is 18.0. The number of alkyl halides is 3. The summed E-state index contributed by atoms with van der Waals surface area (Å²) in [6.45, 7) is 4.23. The van der Waals surface area contributed by atoms with Crippen LogP contribution in [0.1, 0.15) is 42.4 Å². The van der Waals surface area contributed by atoms with Gasteiger partial charge in [-0.05, 0) is 55.0 Å². The second-order valence-electron chi connectivity index (χ2n) is 7.69. The maximum Gasteiger partial charge on any atom is 0.416 e. The van der Waals surface area contributed by atoms with E-state index >= 15 is 0 Å². The first kappa shape index (κ1) is 21.9. The van der Waals surface area contributed by atoms with Crippen molar-refractivity contribution >= 4 is 17.5 Å². The zero-order valence-corrected chi connectivity index (χ0v) is 17.0. The van der Waals surface area contributed by atoms with E-state index in [1.807, 2.05) is 32.0 Å². The van der Waals surface area contributed by atoms with Gasteiger partial charge in [0.05, 0.1) is 12.1 Å². The van der Waals surface area contributed by atoms with E-state index in [1.54, 1.807) is 11.0 Å². The van der Waals surface area contributed by atoms with Crippen LogP contribution in [-0.4, -0.2) is 29.8 Å². The standard InChI is InChI=1S/C23H25F3N2O2/c1-3-12-28(14-21(29)27-20-7-5-4-6-15(20)2)22(30)19-13-18(19)16-8-10-17(11-9-16)23(24,25)26/h4-11,18-19H,3,12-14H2,1-2H3,(H,27,29). The largest absolute Gasteiger partial charge is 0.416 e. The van der Waals surface area contributed by atoms with Crippen molar-refractivity contribution in [1.29, 1.82) is 0 Å². The van der Waals surface area contributed by atoms with Gasteiger partial charge in [-0.3, -0.25) is 9.59 Å². The summed E-state index contributed by atoms with van der Waals surface area (Å²) in [5.41, 5.74) is 1.67. The molecule has 2 aromatic rings. The average molecular weight is 418 g/mol. The summed E-state index contributed by atoms with van der Waals surface area (Å²) in [5.74, 6) is -0.780. The fourth-order valence-electron chi connectivity index (χ4n) is 3.60. The van der Waals surface area contributed by atoms with Gasteiger partial charge in [0.2, 0.25) is 11.8 Å². The Balaban J connectivity index is 1.62. The predicted molar refractivity (Wildman–Crippen MR) is 109 cm³/mol. The van der Waals surface area contributed by atoms with E-state index in [9.17, 15) is 22.8 Å². The van der Waals surface area contributed by atoms with Gasteiger partial charge in [0.25, 0.3) is 0 Å². The molecule has 2 unspecified atom stereocenters. The zero-order chi connectivity index (χ0) is 21.9. The molecule has 2 atom stereocenters. The molecular weight excluding hydrogens is 393 g/mol. The Labute approximate surface area is 174 Å². The fourth-order valence-corrected chi connectivity index (χ4v) is 3.60. The molecule has 1 N–H and O–H groups in total. The van der Waals surface area contributed by atoms with Gasteiger partial charge in [-0.2, -0.15) is 13.2 Å². The van der Waals surface area contributed by atoms with Crippen LogP contribution in [-0.2, 0) is 15.8 Å². The van der Waals surface area contributed by atoms with E-state index in [4.69, 9.17) is 0 Å². The average Bonchev–Trinajstić information content (AvgIpc) is 3.49. The Kier molecular flexibility index (Phi) is 6.48. The van der Waals surface area contributed by atoms with Crippen molar-refractivity contribution < 1.29 is 22.8 Å². The highest BCUT2D eigenvalue weighted by Gasteiger charge is 2.46. The Morgan fingerprint density at radius 3 is 2.37 bits per heavy atom. The van der Waals surface area contributed by atoms with Crippen LogP contribution in [0.4, 0.5) is 18.9 Å². The Bertz CT molecular complexity index is 909. The molecule has 160 valence electrons. The molecule has 1 aliphatic rings. The number of nitrogens with one attached hydrogen (secondary N) is 1. The zero-order valence-electron chi connectivity index (χ0n) is 17.0. The monoisotopic (exact) mass is 418 g/mol. The van der Waals surface area contributed by atoms with Crippen molar-refractivity contribution in [2.75, 3.05) is 18.4 Å². The molecule has 2 amide bonds. The van der Waals surface area contributed by atoms with Crippen LogP contribution in [0, 0.1) is 12.8 Å². The smallest absolute Gasteiger partial charge is 0.333 e. The molecule has 1 saturated carbocycles. The molecule has 30 heavy (non-hydrogen) atoms. The minimum Gasteiger partial charge on any atom is -0.333 e. The van der Waals surface area contributed by atoms with E-state index in [1.165, 1.54) is 12.1 Å². The lowest BCUT2D eigenvalue weighted by Gasteiger charge is -2.22. The molecular formula is C23H25F3N2O2. The Morgan fingerprint density at radius 1 is 1.10 bits per heavy atom. The van der Waals surface area contributed by atoms with Crippen LogP contribution in [0.15, 0.2) is 48.5 Å². The number of amides is 2. The number of halogens is 3. The summed E-state index contributed by atoms with van der Waals surface area (Å²) in [5, 5.41) is 2.84. The molecule has 0 aromatic heterocycles. The third-order valence-corrected chi connectivity index (χ3v) is 5.33. The van der Waals surface area contributed by atoms with Gasteiger partial charge >= 0.3 is 6.18 Å². The predicted octanol–water partition coefficient (Wildman–Crippen LogP) is 4.99. The lowest BCUT2D eigenvalue weighted by Crippen LogP contribution is -2.39. The summed E-state index contributed by atoms with van der Waals surface area (Å²) in [4.78, 5) is 26.9. The number of nitrogens with zero attached hydrogens (tertiary/aromatic N) is 1. The van der Waals surface area contributed by atoms with Crippen LogP contribution in [0.2, 0.25) is 0 Å². The SMILES string of the molecule is CCCN(CC(=O)Nc1ccccc1C)C(=O)C1CC1c1ccc(C(F)(F)F)cc1. The van der Waals surface area contributed by atoms with E-state index < -0.39 is 11.7 Å². The van der Waals surface area contributed by atoms with E-state index in [-0.39, 0.29) is 30.2 Å². The first-order valence-corrected chi connectivity index (χ1v) is 10.0. The molecule has 0 radical (unpaired) electrons. The molecule has 1 aliphatic carbocycles. The number of carbonyl (C=O) groups excluding carboxylic acids is 2. The molecule has 0 bridgehead atoms. The highest BCUT2D eigenvalue weighted by atomic mass is 19.4. The number of hydrogen-bond donors (Lipinski definition) is 1. The van der Waals surface area contributed by atoms with Crippen LogP contribution in [0.25, 0.3) is 0 Å².